The van der Waals surface area contributed by atoms with Crippen molar-refractivity contribution >= 4 is 23.2 Å². The molecule has 7 nitrogen and oxygen atoms in total. The van der Waals surface area contributed by atoms with Crippen molar-refractivity contribution in [1.29, 1.82) is 0 Å². The van der Waals surface area contributed by atoms with E-state index in [1.165, 1.54) is 35.6 Å². The minimum Gasteiger partial charge on any atom is -0.389 e. The number of hydrogen-bond donors (Lipinski definition) is 3. The summed E-state index contributed by atoms with van der Waals surface area (Å²) >= 11 is 1.49. The third kappa shape index (κ3) is 7.58. The molecular weight excluding hydrogens is 625 g/mol. The van der Waals surface area contributed by atoms with E-state index in [0.29, 0.717) is 18.5 Å². The fourth-order valence-corrected chi connectivity index (χ4v) is 7.48. The molecule has 2 fully saturated rings. The third-order valence-corrected chi connectivity index (χ3v) is 10.0. The first-order chi connectivity index (χ1) is 22.6. The Morgan fingerprint density at radius 2 is 1.81 bits per heavy atom. The molecule has 11 heteroatoms. The van der Waals surface area contributed by atoms with E-state index < -0.39 is 29.8 Å². The molecule has 3 N–H and O–H groups in total. The number of carbonyl (C=O) groups is 2. The van der Waals surface area contributed by atoms with E-state index >= 15 is 0 Å². The molecule has 0 radical (unpaired) electrons. The number of rotatable bonds is 9. The zero-order chi connectivity index (χ0) is 33.1. The first-order valence-corrected chi connectivity index (χ1v) is 16.8. The summed E-state index contributed by atoms with van der Waals surface area (Å²) in [7, 11) is 0. The van der Waals surface area contributed by atoms with Crippen molar-refractivity contribution in [1.82, 2.24) is 20.5 Å². The second-order valence-electron chi connectivity index (χ2n) is 12.3. The second-order valence-corrected chi connectivity index (χ2v) is 13.2. The number of hydrogen-bond acceptors (Lipinski definition) is 6. The first kappa shape index (κ1) is 32.9. The van der Waals surface area contributed by atoms with Crippen LogP contribution in [0.25, 0.3) is 11.1 Å². The van der Waals surface area contributed by atoms with Crippen molar-refractivity contribution in [2.45, 2.75) is 69.4 Å². The van der Waals surface area contributed by atoms with Crippen LogP contribution in [0.2, 0.25) is 0 Å². The van der Waals surface area contributed by atoms with Crippen LogP contribution in [0.3, 0.4) is 0 Å². The quantitative estimate of drug-likeness (QED) is 0.189. The Morgan fingerprint density at radius 1 is 1.02 bits per heavy atom. The van der Waals surface area contributed by atoms with E-state index in [4.69, 9.17) is 0 Å². The Kier molecular flexibility index (Phi) is 9.77. The zero-order valence-corrected chi connectivity index (χ0v) is 26.8. The van der Waals surface area contributed by atoms with Gasteiger partial charge in [0.1, 0.15) is 5.01 Å². The Labute approximate surface area is 275 Å². The molecule has 2 aliphatic heterocycles. The van der Waals surface area contributed by atoms with Gasteiger partial charge in [0, 0.05) is 34.8 Å². The number of nitrogens with one attached hydrogen (secondary N) is 2. The number of likely N-dealkylation sites (tertiary alicyclic amines) is 1. The summed E-state index contributed by atoms with van der Waals surface area (Å²) in [5.74, 6) is -0.848. The molecule has 246 valence electrons. The molecule has 6 rings (SSSR count). The van der Waals surface area contributed by atoms with E-state index in [2.05, 4.69) is 15.6 Å². The number of nitrogens with zero attached hydrogens (tertiary/aromatic N) is 2. The van der Waals surface area contributed by atoms with Crippen molar-refractivity contribution in [2.75, 3.05) is 13.1 Å². The van der Waals surface area contributed by atoms with Gasteiger partial charge in [0.05, 0.1) is 23.8 Å². The summed E-state index contributed by atoms with van der Waals surface area (Å²) in [6, 6.07) is 17.9. The summed E-state index contributed by atoms with van der Waals surface area (Å²) in [6.07, 6.45) is -1.88. The summed E-state index contributed by atoms with van der Waals surface area (Å²) in [4.78, 5) is 34.5. The Balaban J connectivity index is 1.36. The minimum absolute atomic E-state index is 0.119. The van der Waals surface area contributed by atoms with Gasteiger partial charge in [-0.05, 0) is 92.6 Å². The van der Waals surface area contributed by atoms with Crippen LogP contribution in [0.5, 0.6) is 0 Å². The van der Waals surface area contributed by atoms with Crippen LogP contribution >= 0.6 is 11.3 Å². The normalized spacial score (nSPS) is 19.5. The highest BCUT2D eigenvalue weighted by Crippen LogP contribution is 2.36. The fraction of sp³-hybridized carbons (Fsp3) is 0.361. The van der Waals surface area contributed by atoms with Crippen LogP contribution in [0.15, 0.2) is 78.2 Å². The van der Waals surface area contributed by atoms with Crippen LogP contribution in [-0.2, 0) is 12.6 Å². The lowest BCUT2D eigenvalue weighted by Gasteiger charge is -2.29. The predicted molar refractivity (Wildman–Crippen MR) is 175 cm³/mol. The van der Waals surface area contributed by atoms with Crippen LogP contribution in [0, 0.1) is 6.92 Å². The largest absolute Gasteiger partial charge is 0.416 e. The maximum absolute atomic E-state index is 14.1. The van der Waals surface area contributed by atoms with Crippen molar-refractivity contribution < 1.29 is 27.9 Å². The maximum atomic E-state index is 14.1. The van der Waals surface area contributed by atoms with Gasteiger partial charge in [-0.1, -0.05) is 42.5 Å². The lowest BCUT2D eigenvalue weighted by molar-refractivity contribution is -0.137. The summed E-state index contributed by atoms with van der Waals surface area (Å²) in [5.41, 5.74) is 1.83. The van der Waals surface area contributed by atoms with E-state index in [0.717, 1.165) is 60.6 Å². The van der Waals surface area contributed by atoms with Gasteiger partial charge in [0.25, 0.3) is 11.8 Å². The van der Waals surface area contributed by atoms with Crippen LogP contribution in [0.4, 0.5) is 13.2 Å². The Hall–Kier alpha value is -4.06. The van der Waals surface area contributed by atoms with Gasteiger partial charge in [-0.15, -0.1) is 11.3 Å². The number of carbonyl (C=O) groups excluding carboxylic acids is 2. The molecular formula is C36H37F3N4O3S. The smallest absolute Gasteiger partial charge is 0.389 e. The Bertz CT molecular complexity index is 1720. The molecule has 0 spiro atoms. The minimum atomic E-state index is -4.56. The van der Waals surface area contributed by atoms with E-state index in [1.54, 1.807) is 11.0 Å². The van der Waals surface area contributed by atoms with Gasteiger partial charge in [-0.3, -0.25) is 9.59 Å². The van der Waals surface area contributed by atoms with Crippen molar-refractivity contribution in [3.05, 3.63) is 111 Å². The number of benzene rings is 3. The zero-order valence-electron chi connectivity index (χ0n) is 26.0. The number of alkyl halides is 3. The second kappa shape index (κ2) is 14.0. The number of aryl methyl sites for hydroxylation is 1. The molecule has 0 aliphatic carbocycles. The maximum Gasteiger partial charge on any atom is 0.416 e. The summed E-state index contributed by atoms with van der Waals surface area (Å²) < 4.78 is 41.0. The fourth-order valence-electron chi connectivity index (χ4n) is 6.54. The van der Waals surface area contributed by atoms with E-state index in [1.807, 2.05) is 42.6 Å². The van der Waals surface area contributed by atoms with Gasteiger partial charge in [0.2, 0.25) is 0 Å². The van der Waals surface area contributed by atoms with Gasteiger partial charge in [-0.2, -0.15) is 13.2 Å². The molecule has 0 unspecified atom stereocenters. The number of aliphatic hydroxyl groups is 1. The van der Waals surface area contributed by atoms with Gasteiger partial charge in [-0.25, -0.2) is 4.98 Å². The molecule has 3 heterocycles. The highest BCUT2D eigenvalue weighted by Gasteiger charge is 2.35. The molecule has 3 aromatic carbocycles. The number of aliphatic hydroxyl groups excluding tert-OH is 1. The monoisotopic (exact) mass is 662 g/mol. The molecule has 4 aromatic rings. The number of thiazole rings is 1. The van der Waals surface area contributed by atoms with Crippen molar-refractivity contribution in [2.24, 2.45) is 0 Å². The van der Waals surface area contributed by atoms with Gasteiger partial charge in [0.15, 0.2) is 0 Å². The van der Waals surface area contributed by atoms with E-state index in [9.17, 15) is 27.9 Å². The molecule has 0 saturated carbocycles. The lowest BCUT2D eigenvalue weighted by Crippen LogP contribution is -2.52. The lowest BCUT2D eigenvalue weighted by atomic mass is 9.94. The molecule has 2 amide bonds. The molecule has 1 aromatic heterocycles. The first-order valence-electron chi connectivity index (χ1n) is 15.9. The molecule has 0 bridgehead atoms. The SMILES string of the molecule is Cc1csc([C@H]2CCCN2C(=O)c2cc(C(=O)N[C@@H](Cc3ccccc3)[C@H](O)[C@H]3CCCN3)cc(-c3cccc(C(F)(F)F)c3)c2)n1. The highest BCUT2D eigenvalue weighted by atomic mass is 32.1. The molecule has 2 saturated heterocycles. The molecule has 4 atom stereocenters. The van der Waals surface area contributed by atoms with Crippen molar-refractivity contribution in [3.8, 4) is 11.1 Å². The number of amides is 2. The van der Waals surface area contributed by atoms with Crippen LogP contribution < -0.4 is 10.6 Å². The average molecular weight is 663 g/mol. The molecule has 47 heavy (non-hydrogen) atoms. The van der Waals surface area contributed by atoms with E-state index in [-0.39, 0.29) is 34.7 Å². The summed E-state index contributed by atoms with van der Waals surface area (Å²) in [6.45, 7) is 3.17. The average Bonchev–Trinajstić information content (AvgIpc) is 3.86. The summed E-state index contributed by atoms with van der Waals surface area (Å²) in [5, 5.41) is 20.5. The van der Waals surface area contributed by atoms with Crippen molar-refractivity contribution in [3.63, 3.8) is 0 Å². The third-order valence-electron chi connectivity index (χ3n) is 8.94. The Morgan fingerprint density at radius 3 is 2.51 bits per heavy atom. The van der Waals surface area contributed by atoms with Gasteiger partial charge >= 0.3 is 6.18 Å². The number of halogens is 3. The van der Waals surface area contributed by atoms with Crippen LogP contribution in [0.1, 0.15) is 74.3 Å². The van der Waals surface area contributed by atoms with Crippen LogP contribution in [-0.4, -0.2) is 58.1 Å². The predicted octanol–water partition coefficient (Wildman–Crippen LogP) is 6.57. The molecule has 2 aliphatic rings. The standard InChI is InChI=1S/C36H37F3N4O3S/c1-22-21-47-34(41-22)31-13-7-15-43(31)35(46)27-18-25(24-10-5-11-28(20-24)36(37,38)39)17-26(19-27)33(45)42-30(16-23-8-3-2-4-9-23)32(44)29-12-6-14-40-29/h2-5,8-11,17-21,29-32,40,44H,6-7,12-16H2,1H3,(H,42,45)/t29-,30+,31-,32-/m1/s1. The highest BCUT2D eigenvalue weighted by molar-refractivity contribution is 7.09. The van der Waals surface area contributed by atoms with Gasteiger partial charge < -0.3 is 20.6 Å². The number of aromatic nitrogens is 1. The topological polar surface area (TPSA) is 94.6 Å².